The lowest BCUT2D eigenvalue weighted by Gasteiger charge is -2.36. The topological polar surface area (TPSA) is 42.0 Å². The van der Waals surface area contributed by atoms with Crippen molar-refractivity contribution in [3.8, 4) is 11.5 Å². The number of methoxy groups -OCH3 is 2. The number of amides is 1. The third kappa shape index (κ3) is 4.48. The first-order valence-electron chi connectivity index (χ1n) is 9.01. The zero-order chi connectivity index (χ0) is 19.4. The van der Waals surface area contributed by atoms with Gasteiger partial charge in [-0.3, -0.25) is 4.79 Å². The van der Waals surface area contributed by atoms with Crippen LogP contribution in [0.5, 0.6) is 11.5 Å². The van der Waals surface area contributed by atoms with E-state index in [0.29, 0.717) is 31.0 Å². The number of hydrogen-bond acceptors (Lipinski definition) is 4. The molecule has 0 N–H and O–H groups in total. The number of halogens is 1. The monoisotopic (exact) mass is 388 g/mol. The molecule has 0 unspecified atom stereocenters. The molecule has 27 heavy (non-hydrogen) atoms. The van der Waals surface area contributed by atoms with Gasteiger partial charge in [-0.2, -0.15) is 0 Å². The van der Waals surface area contributed by atoms with Crippen LogP contribution in [-0.2, 0) is 11.2 Å². The summed E-state index contributed by atoms with van der Waals surface area (Å²) in [6, 6.07) is 11.7. The lowest BCUT2D eigenvalue weighted by Crippen LogP contribution is -2.49. The largest absolute Gasteiger partial charge is 0.493 e. The predicted molar refractivity (Wildman–Crippen MR) is 108 cm³/mol. The Labute approximate surface area is 165 Å². The van der Waals surface area contributed by atoms with Gasteiger partial charge in [-0.15, -0.1) is 0 Å². The van der Waals surface area contributed by atoms with E-state index in [4.69, 9.17) is 21.1 Å². The van der Waals surface area contributed by atoms with Gasteiger partial charge in [0.05, 0.1) is 20.6 Å². The minimum Gasteiger partial charge on any atom is -0.493 e. The van der Waals surface area contributed by atoms with Crippen molar-refractivity contribution in [2.24, 2.45) is 0 Å². The third-order valence-electron chi connectivity index (χ3n) is 4.96. The molecule has 6 heteroatoms. The lowest BCUT2D eigenvalue weighted by atomic mass is 10.1. The van der Waals surface area contributed by atoms with E-state index in [1.165, 1.54) is 0 Å². The number of piperazine rings is 1. The van der Waals surface area contributed by atoms with Gasteiger partial charge in [0.1, 0.15) is 0 Å². The van der Waals surface area contributed by atoms with Crippen LogP contribution in [0.2, 0.25) is 5.02 Å². The second-order valence-corrected chi connectivity index (χ2v) is 7.07. The van der Waals surface area contributed by atoms with Gasteiger partial charge in [-0.05, 0) is 42.3 Å². The number of benzene rings is 2. The van der Waals surface area contributed by atoms with E-state index in [9.17, 15) is 4.79 Å². The first kappa shape index (κ1) is 19.4. The van der Waals surface area contributed by atoms with Gasteiger partial charge in [0.25, 0.3) is 0 Å². The van der Waals surface area contributed by atoms with Gasteiger partial charge >= 0.3 is 0 Å². The fraction of sp³-hybridized carbons (Fsp3) is 0.381. The van der Waals surface area contributed by atoms with Crippen molar-refractivity contribution in [2.75, 3.05) is 45.3 Å². The van der Waals surface area contributed by atoms with Crippen LogP contribution in [0.25, 0.3) is 0 Å². The summed E-state index contributed by atoms with van der Waals surface area (Å²) < 4.78 is 10.6. The van der Waals surface area contributed by atoms with Crippen LogP contribution in [-0.4, -0.2) is 51.2 Å². The standard InChI is InChI=1S/C21H25ClN2O3/c1-15-4-6-17(14-18(15)22)23-8-10-24(11-9-23)21(25)13-16-5-7-19(26-2)20(12-16)27-3/h4-7,12,14H,8-11,13H2,1-3H3. The fourth-order valence-electron chi connectivity index (χ4n) is 3.27. The maximum Gasteiger partial charge on any atom is 0.227 e. The number of nitrogens with zero attached hydrogens (tertiary/aromatic N) is 2. The second kappa shape index (κ2) is 8.53. The lowest BCUT2D eigenvalue weighted by molar-refractivity contribution is -0.130. The van der Waals surface area contributed by atoms with E-state index in [1.807, 2.05) is 42.2 Å². The average molecular weight is 389 g/mol. The van der Waals surface area contributed by atoms with Gasteiger partial charge in [-0.1, -0.05) is 23.7 Å². The molecule has 1 fully saturated rings. The maximum absolute atomic E-state index is 12.7. The molecule has 0 aromatic heterocycles. The summed E-state index contributed by atoms with van der Waals surface area (Å²) in [5.41, 5.74) is 3.10. The Morgan fingerprint density at radius 2 is 1.70 bits per heavy atom. The molecule has 1 aliphatic heterocycles. The number of carbonyl (C=O) groups is 1. The molecule has 2 aromatic rings. The first-order valence-corrected chi connectivity index (χ1v) is 9.39. The first-order chi connectivity index (χ1) is 13.0. The van der Waals surface area contributed by atoms with Crippen LogP contribution >= 0.6 is 11.6 Å². The van der Waals surface area contributed by atoms with Gasteiger partial charge in [0, 0.05) is 36.9 Å². The van der Waals surface area contributed by atoms with E-state index in [2.05, 4.69) is 11.0 Å². The zero-order valence-corrected chi connectivity index (χ0v) is 16.8. The summed E-state index contributed by atoms with van der Waals surface area (Å²) in [5.74, 6) is 1.44. The van der Waals surface area contributed by atoms with Crippen LogP contribution < -0.4 is 14.4 Å². The van der Waals surface area contributed by atoms with Crippen LogP contribution in [0.15, 0.2) is 36.4 Å². The van der Waals surface area contributed by atoms with Gasteiger partial charge < -0.3 is 19.3 Å². The molecule has 1 aliphatic rings. The van der Waals surface area contributed by atoms with Crippen LogP contribution in [0.4, 0.5) is 5.69 Å². The molecule has 1 heterocycles. The summed E-state index contributed by atoms with van der Waals surface area (Å²) in [7, 11) is 3.20. The summed E-state index contributed by atoms with van der Waals surface area (Å²) in [5, 5.41) is 0.777. The van der Waals surface area contributed by atoms with Crippen molar-refractivity contribution < 1.29 is 14.3 Å². The number of hydrogen-bond donors (Lipinski definition) is 0. The third-order valence-corrected chi connectivity index (χ3v) is 5.36. The summed E-state index contributed by atoms with van der Waals surface area (Å²) >= 11 is 6.24. The highest BCUT2D eigenvalue weighted by Gasteiger charge is 2.22. The highest BCUT2D eigenvalue weighted by atomic mass is 35.5. The minimum atomic E-state index is 0.129. The Hall–Kier alpha value is -2.40. The van der Waals surface area contributed by atoms with E-state index < -0.39 is 0 Å². The molecule has 0 aliphatic carbocycles. The molecule has 0 spiro atoms. The smallest absolute Gasteiger partial charge is 0.227 e. The van der Waals surface area contributed by atoms with Gasteiger partial charge in [0.15, 0.2) is 11.5 Å². The molecular weight excluding hydrogens is 364 g/mol. The Kier molecular flexibility index (Phi) is 6.11. The minimum absolute atomic E-state index is 0.129. The SMILES string of the molecule is COc1ccc(CC(=O)N2CCN(c3ccc(C)c(Cl)c3)CC2)cc1OC. The average Bonchev–Trinajstić information content (AvgIpc) is 2.70. The molecule has 0 atom stereocenters. The van der Waals surface area contributed by atoms with Crippen molar-refractivity contribution in [1.29, 1.82) is 0 Å². The second-order valence-electron chi connectivity index (χ2n) is 6.67. The van der Waals surface area contributed by atoms with E-state index in [-0.39, 0.29) is 5.91 Å². The van der Waals surface area contributed by atoms with E-state index in [1.54, 1.807) is 14.2 Å². The van der Waals surface area contributed by atoms with Crippen LogP contribution in [0.3, 0.4) is 0 Å². The Balaban J connectivity index is 1.59. The van der Waals surface area contributed by atoms with E-state index in [0.717, 1.165) is 34.9 Å². The summed E-state index contributed by atoms with van der Waals surface area (Å²) in [4.78, 5) is 16.9. The van der Waals surface area contributed by atoms with Crippen molar-refractivity contribution in [3.63, 3.8) is 0 Å². The number of ether oxygens (including phenoxy) is 2. The number of anilines is 1. The van der Waals surface area contributed by atoms with Crippen molar-refractivity contribution in [2.45, 2.75) is 13.3 Å². The molecule has 0 saturated carbocycles. The molecule has 0 radical (unpaired) electrons. The Morgan fingerprint density at radius 3 is 2.33 bits per heavy atom. The quantitative estimate of drug-likeness (QED) is 0.785. The predicted octanol–water partition coefficient (Wildman–Crippen LogP) is 3.56. The number of carbonyl (C=O) groups excluding carboxylic acids is 1. The van der Waals surface area contributed by atoms with E-state index >= 15 is 0 Å². The fourth-order valence-corrected chi connectivity index (χ4v) is 3.44. The van der Waals surface area contributed by atoms with Crippen molar-refractivity contribution in [3.05, 3.63) is 52.5 Å². The van der Waals surface area contributed by atoms with Crippen LogP contribution in [0, 0.1) is 6.92 Å². The highest BCUT2D eigenvalue weighted by Crippen LogP contribution is 2.28. The summed E-state index contributed by atoms with van der Waals surface area (Å²) in [6.07, 6.45) is 0.358. The molecule has 144 valence electrons. The molecule has 1 amide bonds. The molecule has 2 aromatic carbocycles. The number of aryl methyl sites for hydroxylation is 1. The number of rotatable bonds is 5. The Morgan fingerprint density at radius 1 is 1.00 bits per heavy atom. The molecule has 3 rings (SSSR count). The van der Waals surface area contributed by atoms with Crippen LogP contribution in [0.1, 0.15) is 11.1 Å². The molecular formula is C21H25ClN2O3. The zero-order valence-electron chi connectivity index (χ0n) is 16.0. The molecule has 1 saturated heterocycles. The van der Waals surface area contributed by atoms with Gasteiger partial charge in [-0.25, -0.2) is 0 Å². The maximum atomic E-state index is 12.7. The summed E-state index contributed by atoms with van der Waals surface area (Å²) in [6.45, 7) is 5.01. The Bertz CT molecular complexity index is 817. The normalized spacial score (nSPS) is 14.2. The highest BCUT2D eigenvalue weighted by molar-refractivity contribution is 6.31. The molecule has 0 bridgehead atoms. The molecule has 5 nitrogen and oxygen atoms in total. The van der Waals surface area contributed by atoms with Crippen molar-refractivity contribution in [1.82, 2.24) is 4.90 Å². The van der Waals surface area contributed by atoms with Crippen molar-refractivity contribution >= 4 is 23.2 Å². The van der Waals surface area contributed by atoms with Gasteiger partial charge in [0.2, 0.25) is 5.91 Å².